The van der Waals surface area contributed by atoms with E-state index in [-0.39, 0.29) is 5.92 Å². The van der Waals surface area contributed by atoms with E-state index in [1.165, 1.54) is 20.5 Å². The van der Waals surface area contributed by atoms with Gasteiger partial charge in [-0.15, -0.1) is 17.8 Å². The van der Waals surface area contributed by atoms with E-state index in [1.807, 2.05) is 17.4 Å². The van der Waals surface area contributed by atoms with Crippen molar-refractivity contribution in [3.8, 4) is 18.1 Å². The highest BCUT2D eigenvalue weighted by Crippen LogP contribution is 2.46. The van der Waals surface area contributed by atoms with Crippen LogP contribution in [0.1, 0.15) is 29.7 Å². The van der Waals surface area contributed by atoms with Crippen molar-refractivity contribution in [2.24, 2.45) is 5.92 Å². The van der Waals surface area contributed by atoms with E-state index in [2.05, 4.69) is 25.0 Å². The molecule has 0 unspecified atom stereocenters. The van der Waals surface area contributed by atoms with Gasteiger partial charge in [-0.1, -0.05) is 12.8 Å². The molecule has 3 rings (SSSR count). The molecule has 1 aliphatic rings. The largest absolute Gasteiger partial charge is 0.497 e. The molecule has 0 aliphatic heterocycles. The minimum Gasteiger partial charge on any atom is -0.497 e. The van der Waals surface area contributed by atoms with Gasteiger partial charge in [0.1, 0.15) is 11.9 Å². The molecule has 0 saturated carbocycles. The average molecular weight is 286 g/mol. The monoisotopic (exact) mass is 286 g/mol. The lowest BCUT2D eigenvalue weighted by Crippen LogP contribution is -2.27. The van der Waals surface area contributed by atoms with Crippen molar-refractivity contribution in [2.45, 2.75) is 31.8 Å². The van der Waals surface area contributed by atoms with E-state index in [0.29, 0.717) is 5.92 Å². The van der Waals surface area contributed by atoms with Gasteiger partial charge in [-0.25, -0.2) is 0 Å². The number of ether oxygens (including phenoxy) is 1. The summed E-state index contributed by atoms with van der Waals surface area (Å²) < 4.78 is 6.56. The molecule has 104 valence electrons. The van der Waals surface area contributed by atoms with Crippen LogP contribution in [0.3, 0.4) is 0 Å². The molecule has 0 bridgehead atoms. The van der Waals surface area contributed by atoms with Gasteiger partial charge >= 0.3 is 0 Å². The van der Waals surface area contributed by atoms with E-state index >= 15 is 0 Å². The second kappa shape index (κ2) is 5.12. The second-order valence-corrected chi connectivity index (χ2v) is 6.49. The second-order valence-electron chi connectivity index (χ2n) is 5.41. The van der Waals surface area contributed by atoms with E-state index in [1.54, 1.807) is 7.11 Å². The lowest BCUT2D eigenvalue weighted by molar-refractivity contribution is 0.136. The first-order valence-corrected chi connectivity index (χ1v) is 7.71. The Balaban J connectivity index is 2.07. The molecule has 1 N–H and O–H groups in total. The highest BCUT2D eigenvalue weighted by Gasteiger charge is 2.33. The summed E-state index contributed by atoms with van der Waals surface area (Å²) in [6, 6.07) is 6.26. The fourth-order valence-electron chi connectivity index (χ4n) is 3.21. The highest BCUT2D eigenvalue weighted by atomic mass is 32.1. The molecule has 0 fully saturated rings. The van der Waals surface area contributed by atoms with Gasteiger partial charge in [-0.2, -0.15) is 0 Å². The summed E-state index contributed by atoms with van der Waals surface area (Å²) in [4.78, 5) is 1.37. The molecule has 3 atom stereocenters. The van der Waals surface area contributed by atoms with Crippen LogP contribution < -0.4 is 4.74 Å². The Morgan fingerprint density at radius 1 is 1.50 bits per heavy atom. The first kappa shape index (κ1) is 13.5. The first-order chi connectivity index (χ1) is 9.65. The quantitative estimate of drug-likeness (QED) is 0.855. The molecule has 1 aromatic carbocycles. The van der Waals surface area contributed by atoms with Gasteiger partial charge in [0.2, 0.25) is 0 Å². The van der Waals surface area contributed by atoms with Gasteiger partial charge in [-0.3, -0.25) is 0 Å². The zero-order chi connectivity index (χ0) is 14.3. The molecule has 1 heterocycles. The Labute approximate surface area is 123 Å². The van der Waals surface area contributed by atoms with Crippen LogP contribution >= 0.6 is 11.3 Å². The maximum atomic E-state index is 9.98. The fourth-order valence-corrected chi connectivity index (χ4v) is 4.62. The normalized spacial score (nSPS) is 23.1. The Bertz CT molecular complexity index is 680. The third-order valence-electron chi connectivity index (χ3n) is 4.39. The number of thiophene rings is 1. The van der Waals surface area contributed by atoms with Crippen LogP contribution in [0, 0.1) is 18.3 Å². The summed E-state index contributed by atoms with van der Waals surface area (Å²) in [5.74, 6) is 3.86. The lowest BCUT2D eigenvalue weighted by Gasteiger charge is -2.30. The van der Waals surface area contributed by atoms with E-state index in [9.17, 15) is 5.11 Å². The number of methoxy groups -OCH3 is 1. The van der Waals surface area contributed by atoms with Crippen molar-refractivity contribution in [3.05, 3.63) is 28.6 Å². The molecule has 20 heavy (non-hydrogen) atoms. The Hall–Kier alpha value is -1.50. The van der Waals surface area contributed by atoms with Crippen molar-refractivity contribution < 1.29 is 9.84 Å². The van der Waals surface area contributed by atoms with E-state index < -0.39 is 6.10 Å². The zero-order valence-electron chi connectivity index (χ0n) is 11.7. The minimum absolute atomic E-state index is 0.169. The Kier molecular flexibility index (Phi) is 3.45. The van der Waals surface area contributed by atoms with Crippen molar-refractivity contribution in [1.82, 2.24) is 0 Å². The molecule has 0 amide bonds. The molecule has 0 saturated heterocycles. The first-order valence-electron chi connectivity index (χ1n) is 6.89. The average Bonchev–Trinajstić information content (AvgIpc) is 2.85. The van der Waals surface area contributed by atoms with Crippen LogP contribution in [0.15, 0.2) is 18.2 Å². The maximum Gasteiger partial charge on any atom is 0.120 e. The molecule has 1 aliphatic carbocycles. The van der Waals surface area contributed by atoms with Gasteiger partial charge < -0.3 is 9.84 Å². The number of terminal acetylenes is 1. The predicted molar refractivity (Wildman–Crippen MR) is 83.4 cm³/mol. The third kappa shape index (κ3) is 2.00. The van der Waals surface area contributed by atoms with Crippen molar-refractivity contribution in [1.29, 1.82) is 0 Å². The summed E-state index contributed by atoms with van der Waals surface area (Å²) in [5.41, 5.74) is 1.43. The van der Waals surface area contributed by atoms with Crippen LogP contribution in [0.5, 0.6) is 5.75 Å². The number of aliphatic hydroxyl groups excluding tert-OH is 1. The van der Waals surface area contributed by atoms with Crippen LogP contribution in [-0.4, -0.2) is 18.3 Å². The fraction of sp³-hybridized carbons (Fsp3) is 0.412. The number of rotatable bonds is 2. The lowest BCUT2D eigenvalue weighted by atomic mass is 9.77. The summed E-state index contributed by atoms with van der Waals surface area (Å²) in [6.45, 7) is 2.18. The van der Waals surface area contributed by atoms with Crippen molar-refractivity contribution >= 4 is 21.4 Å². The summed E-state index contributed by atoms with van der Waals surface area (Å²) >= 11 is 1.81. The predicted octanol–water partition coefficient (Wildman–Crippen LogP) is 3.57. The van der Waals surface area contributed by atoms with Crippen LogP contribution in [0.2, 0.25) is 0 Å². The van der Waals surface area contributed by atoms with Gasteiger partial charge in [0, 0.05) is 15.5 Å². The Morgan fingerprint density at radius 2 is 2.30 bits per heavy atom. The molecule has 0 spiro atoms. The molecular weight excluding hydrogens is 268 g/mol. The standard InChI is InChI=1S/C17H18O2S/c1-4-15(18)12-7-8-14-13-6-5-11(19-3)9-16(13)20-17(14)10(12)2/h1,5-6,9-10,12,15,18H,7-8H2,2-3H3/t10-,12+,15+/m1/s1. The zero-order valence-corrected chi connectivity index (χ0v) is 12.5. The molecule has 1 aromatic heterocycles. The summed E-state index contributed by atoms with van der Waals surface area (Å²) in [5, 5.41) is 11.3. The number of aryl methyl sites for hydroxylation is 1. The van der Waals surface area contributed by atoms with Gasteiger partial charge in [0.15, 0.2) is 0 Å². The molecule has 0 radical (unpaired) electrons. The molecule has 2 nitrogen and oxygen atoms in total. The Morgan fingerprint density at radius 3 is 3.00 bits per heavy atom. The number of hydrogen-bond donors (Lipinski definition) is 1. The third-order valence-corrected chi connectivity index (χ3v) is 5.79. The topological polar surface area (TPSA) is 29.5 Å². The number of benzene rings is 1. The SMILES string of the molecule is C#C[C@H](O)[C@H]1CCc2c(sc3cc(OC)ccc23)[C@@H]1C. The molecule has 2 aromatic rings. The number of hydrogen-bond acceptors (Lipinski definition) is 3. The molecule has 3 heteroatoms. The number of fused-ring (bicyclic) bond motifs is 3. The smallest absolute Gasteiger partial charge is 0.120 e. The summed E-state index contributed by atoms with van der Waals surface area (Å²) in [7, 11) is 1.69. The maximum absolute atomic E-state index is 9.98. The summed E-state index contributed by atoms with van der Waals surface area (Å²) in [6.07, 6.45) is 6.70. The van der Waals surface area contributed by atoms with Crippen molar-refractivity contribution in [2.75, 3.05) is 7.11 Å². The minimum atomic E-state index is -0.641. The highest BCUT2D eigenvalue weighted by molar-refractivity contribution is 7.19. The van der Waals surface area contributed by atoms with Crippen LogP contribution in [0.4, 0.5) is 0 Å². The van der Waals surface area contributed by atoms with Crippen molar-refractivity contribution in [3.63, 3.8) is 0 Å². The van der Waals surface area contributed by atoms with Crippen LogP contribution in [0.25, 0.3) is 10.1 Å². The van der Waals surface area contributed by atoms with Gasteiger partial charge in [-0.05, 0) is 47.9 Å². The van der Waals surface area contributed by atoms with E-state index in [4.69, 9.17) is 11.2 Å². The van der Waals surface area contributed by atoms with Crippen LogP contribution in [-0.2, 0) is 6.42 Å². The number of aliphatic hydroxyl groups is 1. The van der Waals surface area contributed by atoms with E-state index in [0.717, 1.165) is 18.6 Å². The van der Waals surface area contributed by atoms with Gasteiger partial charge in [0.25, 0.3) is 0 Å². The van der Waals surface area contributed by atoms with Gasteiger partial charge in [0.05, 0.1) is 7.11 Å². The molecular formula is C17H18O2S.